The van der Waals surface area contributed by atoms with Crippen LogP contribution in [0.3, 0.4) is 0 Å². The summed E-state index contributed by atoms with van der Waals surface area (Å²) in [5.74, 6) is -0.529. The fraction of sp³-hybridized carbons (Fsp3) is 0.800. The molecule has 0 aromatic carbocycles. The van der Waals surface area contributed by atoms with Crippen LogP contribution >= 0.6 is 0 Å². The molecule has 0 N–H and O–H groups in total. The zero-order valence-electron chi connectivity index (χ0n) is 8.45. The van der Waals surface area contributed by atoms with Crippen LogP contribution in [0.5, 0.6) is 0 Å². The van der Waals surface area contributed by atoms with Gasteiger partial charge in [-0.25, -0.2) is 0 Å². The minimum absolute atomic E-state index is 0.0863. The third-order valence-electron chi connectivity index (χ3n) is 2.30. The molecule has 1 atom stereocenters. The average molecular weight is 200 g/mol. The van der Waals surface area contributed by atoms with Crippen LogP contribution in [0.1, 0.15) is 32.6 Å². The summed E-state index contributed by atoms with van der Waals surface area (Å²) in [6, 6.07) is 0. The second kappa shape index (κ2) is 5.62. The van der Waals surface area contributed by atoms with Crippen molar-refractivity contribution < 1.29 is 19.1 Å². The molecule has 0 bridgehead atoms. The molecule has 14 heavy (non-hydrogen) atoms. The van der Waals surface area contributed by atoms with Crippen LogP contribution in [-0.2, 0) is 19.1 Å². The lowest BCUT2D eigenvalue weighted by Gasteiger charge is -2.11. The summed E-state index contributed by atoms with van der Waals surface area (Å²) in [4.78, 5) is 21.8. The van der Waals surface area contributed by atoms with Crippen molar-refractivity contribution in [1.29, 1.82) is 0 Å². The predicted molar refractivity (Wildman–Crippen MR) is 49.6 cm³/mol. The first-order valence-electron chi connectivity index (χ1n) is 5.00. The molecule has 0 spiro atoms. The minimum atomic E-state index is -0.299. The average Bonchev–Trinajstić information content (AvgIpc) is 2.31. The van der Waals surface area contributed by atoms with E-state index in [0.29, 0.717) is 19.6 Å². The van der Waals surface area contributed by atoms with E-state index in [0.717, 1.165) is 19.3 Å². The molecule has 0 aromatic rings. The van der Waals surface area contributed by atoms with E-state index in [2.05, 4.69) is 0 Å². The topological polar surface area (TPSA) is 52.6 Å². The molecule has 1 fully saturated rings. The van der Waals surface area contributed by atoms with Gasteiger partial charge in [0.1, 0.15) is 0 Å². The van der Waals surface area contributed by atoms with Crippen molar-refractivity contribution in [3.63, 3.8) is 0 Å². The summed E-state index contributed by atoms with van der Waals surface area (Å²) < 4.78 is 9.78. The van der Waals surface area contributed by atoms with Gasteiger partial charge in [0.15, 0.2) is 0 Å². The van der Waals surface area contributed by atoms with E-state index in [1.54, 1.807) is 0 Å². The third kappa shape index (κ3) is 3.77. The number of esters is 2. The van der Waals surface area contributed by atoms with Crippen LogP contribution in [0.15, 0.2) is 0 Å². The maximum atomic E-state index is 11.3. The van der Waals surface area contributed by atoms with Crippen LogP contribution in [0.25, 0.3) is 0 Å². The second-order valence-corrected chi connectivity index (χ2v) is 3.49. The lowest BCUT2D eigenvalue weighted by Crippen LogP contribution is -2.18. The highest BCUT2D eigenvalue weighted by molar-refractivity contribution is 5.72. The number of cyclic esters (lactones) is 1. The molecular formula is C10H16O4. The standard InChI is InChI=1S/C10H16O4/c1-8(11)13-7-5-9-4-2-3-6-14-10(9)12/h9H,2-7H2,1H3. The van der Waals surface area contributed by atoms with Gasteiger partial charge in [-0.1, -0.05) is 0 Å². The molecule has 0 aromatic heterocycles. The molecular weight excluding hydrogens is 184 g/mol. The molecule has 1 aliphatic rings. The van der Waals surface area contributed by atoms with Crippen LogP contribution in [-0.4, -0.2) is 25.2 Å². The molecule has 1 rings (SSSR count). The number of ether oxygens (including phenoxy) is 2. The summed E-state index contributed by atoms with van der Waals surface area (Å²) in [5.41, 5.74) is 0. The lowest BCUT2D eigenvalue weighted by molar-refractivity contribution is -0.150. The third-order valence-corrected chi connectivity index (χ3v) is 2.30. The van der Waals surface area contributed by atoms with Gasteiger partial charge in [-0.2, -0.15) is 0 Å². The van der Waals surface area contributed by atoms with E-state index in [1.807, 2.05) is 0 Å². The van der Waals surface area contributed by atoms with Crippen molar-refractivity contribution in [3.05, 3.63) is 0 Å². The minimum Gasteiger partial charge on any atom is -0.466 e. The van der Waals surface area contributed by atoms with Crippen LogP contribution in [0.2, 0.25) is 0 Å². The van der Waals surface area contributed by atoms with E-state index in [9.17, 15) is 9.59 Å². The maximum absolute atomic E-state index is 11.3. The molecule has 1 saturated heterocycles. The van der Waals surface area contributed by atoms with Gasteiger partial charge in [0.2, 0.25) is 0 Å². The highest BCUT2D eigenvalue weighted by atomic mass is 16.5. The lowest BCUT2D eigenvalue weighted by atomic mass is 10.0. The quantitative estimate of drug-likeness (QED) is 0.644. The Balaban J connectivity index is 2.26. The number of hydrogen-bond acceptors (Lipinski definition) is 4. The zero-order valence-corrected chi connectivity index (χ0v) is 8.45. The van der Waals surface area contributed by atoms with Gasteiger partial charge in [0.05, 0.1) is 19.1 Å². The summed E-state index contributed by atoms with van der Waals surface area (Å²) in [6.45, 7) is 2.21. The largest absolute Gasteiger partial charge is 0.466 e. The Kier molecular flexibility index (Phi) is 4.43. The zero-order chi connectivity index (χ0) is 10.4. The van der Waals surface area contributed by atoms with E-state index in [-0.39, 0.29) is 17.9 Å². The van der Waals surface area contributed by atoms with Gasteiger partial charge in [0, 0.05) is 6.92 Å². The molecule has 0 radical (unpaired) electrons. The monoisotopic (exact) mass is 200 g/mol. The van der Waals surface area contributed by atoms with Crippen LogP contribution in [0, 0.1) is 5.92 Å². The highest BCUT2D eigenvalue weighted by Crippen LogP contribution is 2.18. The van der Waals surface area contributed by atoms with E-state index in [4.69, 9.17) is 9.47 Å². The Morgan fingerprint density at radius 3 is 3.07 bits per heavy atom. The number of hydrogen-bond donors (Lipinski definition) is 0. The SMILES string of the molecule is CC(=O)OCCC1CCCCOC1=O. The van der Waals surface area contributed by atoms with Crippen molar-refractivity contribution >= 4 is 11.9 Å². The van der Waals surface area contributed by atoms with Gasteiger partial charge in [-0.3, -0.25) is 9.59 Å². The summed E-state index contributed by atoms with van der Waals surface area (Å²) in [6.07, 6.45) is 3.38. The smallest absolute Gasteiger partial charge is 0.309 e. The molecule has 0 saturated carbocycles. The Labute approximate surface area is 83.6 Å². The summed E-state index contributed by atoms with van der Waals surface area (Å²) >= 11 is 0. The van der Waals surface area contributed by atoms with E-state index >= 15 is 0 Å². The highest BCUT2D eigenvalue weighted by Gasteiger charge is 2.22. The number of carbonyl (C=O) groups is 2. The van der Waals surface area contributed by atoms with Crippen LogP contribution in [0.4, 0.5) is 0 Å². The van der Waals surface area contributed by atoms with E-state index in [1.165, 1.54) is 6.92 Å². The molecule has 4 nitrogen and oxygen atoms in total. The first-order valence-corrected chi connectivity index (χ1v) is 5.00. The maximum Gasteiger partial charge on any atom is 0.309 e. The summed E-state index contributed by atoms with van der Waals surface area (Å²) in [5, 5.41) is 0. The number of rotatable bonds is 3. The van der Waals surface area contributed by atoms with Crippen molar-refractivity contribution in [3.8, 4) is 0 Å². The van der Waals surface area contributed by atoms with Gasteiger partial charge in [-0.15, -0.1) is 0 Å². The fourth-order valence-electron chi connectivity index (χ4n) is 1.51. The van der Waals surface area contributed by atoms with Crippen molar-refractivity contribution in [2.24, 2.45) is 5.92 Å². The van der Waals surface area contributed by atoms with E-state index < -0.39 is 0 Å². The van der Waals surface area contributed by atoms with Gasteiger partial charge >= 0.3 is 11.9 Å². The summed E-state index contributed by atoms with van der Waals surface area (Å²) in [7, 11) is 0. The molecule has 0 aliphatic carbocycles. The van der Waals surface area contributed by atoms with Gasteiger partial charge in [0.25, 0.3) is 0 Å². The molecule has 1 heterocycles. The molecule has 0 amide bonds. The van der Waals surface area contributed by atoms with Crippen molar-refractivity contribution in [1.82, 2.24) is 0 Å². The van der Waals surface area contributed by atoms with Gasteiger partial charge < -0.3 is 9.47 Å². The second-order valence-electron chi connectivity index (χ2n) is 3.49. The Hall–Kier alpha value is -1.06. The Morgan fingerprint density at radius 2 is 2.36 bits per heavy atom. The Morgan fingerprint density at radius 1 is 1.57 bits per heavy atom. The molecule has 1 unspecified atom stereocenters. The Bertz CT molecular complexity index is 212. The number of carbonyl (C=O) groups excluding carboxylic acids is 2. The molecule has 80 valence electrons. The van der Waals surface area contributed by atoms with Crippen molar-refractivity contribution in [2.45, 2.75) is 32.6 Å². The first-order chi connectivity index (χ1) is 6.70. The molecule has 1 aliphatic heterocycles. The van der Waals surface area contributed by atoms with Gasteiger partial charge in [-0.05, 0) is 25.7 Å². The normalized spacial score (nSPS) is 22.4. The fourth-order valence-corrected chi connectivity index (χ4v) is 1.51. The molecule has 4 heteroatoms. The first kappa shape index (κ1) is 11.0. The van der Waals surface area contributed by atoms with Crippen LogP contribution < -0.4 is 0 Å². The van der Waals surface area contributed by atoms with Crippen molar-refractivity contribution in [2.75, 3.05) is 13.2 Å². The predicted octanol–water partition coefficient (Wildman–Crippen LogP) is 1.28.